The van der Waals surface area contributed by atoms with Crippen LogP contribution in [0.15, 0.2) is 15.7 Å². The van der Waals surface area contributed by atoms with Crippen molar-refractivity contribution in [2.45, 2.75) is 50.6 Å². The van der Waals surface area contributed by atoms with Gasteiger partial charge in [0.1, 0.15) is 4.21 Å². The summed E-state index contributed by atoms with van der Waals surface area (Å²) in [5, 5.41) is 5.14. The number of rotatable bonds is 9. The van der Waals surface area contributed by atoms with E-state index in [4.69, 9.17) is 4.74 Å². The van der Waals surface area contributed by atoms with Crippen LogP contribution in [0.3, 0.4) is 0 Å². The smallest absolute Gasteiger partial charge is 0.250 e. The number of hydrogen-bond acceptors (Lipinski definition) is 5. The third-order valence-electron chi connectivity index (χ3n) is 2.62. The fraction of sp³-hybridized carbons (Fsp3) is 0.692. The van der Waals surface area contributed by atoms with Crippen molar-refractivity contribution in [3.05, 3.63) is 17.0 Å². The van der Waals surface area contributed by atoms with Crippen molar-refractivity contribution in [2.24, 2.45) is 0 Å². The minimum atomic E-state index is -3.43. The first-order valence-corrected chi connectivity index (χ1v) is 9.13. The Balaban J connectivity index is 2.59. The predicted molar refractivity (Wildman–Crippen MR) is 82.6 cm³/mol. The molecule has 2 N–H and O–H groups in total. The van der Waals surface area contributed by atoms with E-state index in [0.717, 1.165) is 5.56 Å². The summed E-state index contributed by atoms with van der Waals surface area (Å²) >= 11 is 1.24. The summed E-state index contributed by atoms with van der Waals surface area (Å²) in [7, 11) is -3.43. The van der Waals surface area contributed by atoms with Gasteiger partial charge < -0.3 is 10.1 Å². The molecule has 0 aliphatic heterocycles. The average Bonchev–Trinajstić information content (AvgIpc) is 2.84. The van der Waals surface area contributed by atoms with Crippen LogP contribution in [0.25, 0.3) is 0 Å². The van der Waals surface area contributed by atoms with Crippen LogP contribution < -0.4 is 10.0 Å². The molecule has 7 heteroatoms. The predicted octanol–water partition coefficient (Wildman–Crippen LogP) is 1.95. The quantitative estimate of drug-likeness (QED) is 0.730. The van der Waals surface area contributed by atoms with Gasteiger partial charge in [0.25, 0.3) is 0 Å². The van der Waals surface area contributed by atoms with Crippen LogP contribution in [0, 0.1) is 0 Å². The van der Waals surface area contributed by atoms with Crippen molar-refractivity contribution >= 4 is 21.4 Å². The highest BCUT2D eigenvalue weighted by Gasteiger charge is 2.17. The van der Waals surface area contributed by atoms with Gasteiger partial charge in [-0.05, 0) is 30.9 Å². The minimum absolute atomic E-state index is 0.128. The van der Waals surface area contributed by atoms with Crippen LogP contribution in [0.2, 0.25) is 0 Å². The summed E-state index contributed by atoms with van der Waals surface area (Å²) in [5.41, 5.74) is 0.988. The van der Waals surface area contributed by atoms with Crippen molar-refractivity contribution in [1.82, 2.24) is 10.0 Å². The second kappa shape index (κ2) is 8.09. The molecule has 1 aromatic rings. The van der Waals surface area contributed by atoms with E-state index in [9.17, 15) is 8.42 Å². The lowest BCUT2D eigenvalue weighted by molar-refractivity contribution is 0.0800. The molecule has 0 fully saturated rings. The molecule has 0 saturated carbocycles. The van der Waals surface area contributed by atoms with E-state index in [0.29, 0.717) is 23.4 Å². The van der Waals surface area contributed by atoms with Gasteiger partial charge >= 0.3 is 0 Å². The summed E-state index contributed by atoms with van der Waals surface area (Å²) < 4.78 is 32.5. The zero-order valence-corrected chi connectivity index (χ0v) is 14.1. The Morgan fingerprint density at radius 3 is 2.65 bits per heavy atom. The van der Waals surface area contributed by atoms with Crippen molar-refractivity contribution in [3.63, 3.8) is 0 Å². The number of thiophene rings is 1. The van der Waals surface area contributed by atoms with Crippen LogP contribution in [-0.2, 0) is 21.3 Å². The Hall–Kier alpha value is -0.470. The van der Waals surface area contributed by atoms with Crippen LogP contribution in [-0.4, -0.2) is 33.7 Å². The Labute approximate surface area is 125 Å². The third-order valence-corrected chi connectivity index (χ3v) is 5.53. The van der Waals surface area contributed by atoms with Gasteiger partial charge in [-0.1, -0.05) is 13.8 Å². The fourth-order valence-electron chi connectivity index (χ4n) is 1.55. The summed E-state index contributed by atoms with van der Waals surface area (Å²) in [6.07, 6.45) is -0.128. The van der Waals surface area contributed by atoms with E-state index >= 15 is 0 Å². The summed E-state index contributed by atoms with van der Waals surface area (Å²) in [4.78, 5) is 0. The maximum Gasteiger partial charge on any atom is 0.250 e. The van der Waals surface area contributed by atoms with Gasteiger partial charge in [0, 0.05) is 25.7 Å². The van der Waals surface area contributed by atoms with Gasteiger partial charge in [-0.2, -0.15) is 0 Å². The molecule has 5 nitrogen and oxygen atoms in total. The number of nitrogens with one attached hydrogen (secondary N) is 2. The lowest BCUT2D eigenvalue weighted by atomic mass is 10.3. The molecule has 1 atom stereocenters. The summed E-state index contributed by atoms with van der Waals surface area (Å²) in [5.74, 6) is 0. The molecule has 0 aliphatic carbocycles. The number of hydrogen-bond donors (Lipinski definition) is 2. The highest BCUT2D eigenvalue weighted by Crippen LogP contribution is 2.20. The van der Waals surface area contributed by atoms with Gasteiger partial charge in [-0.25, -0.2) is 13.1 Å². The van der Waals surface area contributed by atoms with E-state index in [2.05, 4.69) is 23.9 Å². The monoisotopic (exact) mass is 320 g/mol. The van der Waals surface area contributed by atoms with Crippen LogP contribution in [0.4, 0.5) is 0 Å². The molecule has 0 amide bonds. The molecule has 1 heterocycles. The first kappa shape index (κ1) is 17.6. The molecule has 1 unspecified atom stereocenters. The van der Waals surface area contributed by atoms with E-state index in [-0.39, 0.29) is 12.6 Å². The number of sulfonamides is 1. The standard InChI is InChI=1S/C13H24N2O3S2/c1-5-18-11(4)7-15-20(16,17)13-6-12(9-19-13)8-14-10(2)3/h6,9-11,14-15H,5,7-8H2,1-4H3. The number of ether oxygens (including phenoxy) is 1. The Kier molecular flexibility index (Phi) is 7.11. The average molecular weight is 320 g/mol. The highest BCUT2D eigenvalue weighted by molar-refractivity contribution is 7.91. The second-order valence-electron chi connectivity index (χ2n) is 4.93. The van der Waals surface area contributed by atoms with Crippen molar-refractivity contribution < 1.29 is 13.2 Å². The van der Waals surface area contributed by atoms with Crippen LogP contribution >= 0.6 is 11.3 Å². The SMILES string of the molecule is CCOC(C)CNS(=O)(=O)c1cc(CNC(C)C)cs1. The van der Waals surface area contributed by atoms with E-state index in [1.54, 1.807) is 6.07 Å². The molecule has 0 saturated heterocycles. The maximum atomic E-state index is 12.1. The Bertz CT molecular complexity index is 497. The van der Waals surface area contributed by atoms with Crippen molar-refractivity contribution in [1.29, 1.82) is 0 Å². The van der Waals surface area contributed by atoms with Gasteiger partial charge in [0.05, 0.1) is 6.10 Å². The van der Waals surface area contributed by atoms with Gasteiger partial charge in [-0.3, -0.25) is 0 Å². The zero-order valence-electron chi connectivity index (χ0n) is 12.5. The normalized spacial score (nSPS) is 13.8. The lowest BCUT2D eigenvalue weighted by Gasteiger charge is -2.12. The first-order valence-electron chi connectivity index (χ1n) is 6.77. The Morgan fingerprint density at radius 1 is 1.35 bits per heavy atom. The van der Waals surface area contributed by atoms with Crippen LogP contribution in [0.5, 0.6) is 0 Å². The molecule has 20 heavy (non-hydrogen) atoms. The maximum absolute atomic E-state index is 12.1. The lowest BCUT2D eigenvalue weighted by Crippen LogP contribution is -2.31. The van der Waals surface area contributed by atoms with E-state index in [1.165, 1.54) is 11.3 Å². The molecule has 1 aromatic heterocycles. The van der Waals surface area contributed by atoms with Crippen molar-refractivity contribution in [2.75, 3.05) is 13.2 Å². The third kappa shape index (κ3) is 5.88. The molecule has 116 valence electrons. The second-order valence-corrected chi connectivity index (χ2v) is 7.83. The fourth-order valence-corrected chi connectivity index (χ4v) is 3.92. The summed E-state index contributed by atoms with van der Waals surface area (Å²) in [6, 6.07) is 2.09. The van der Waals surface area contributed by atoms with E-state index in [1.807, 2.05) is 19.2 Å². The summed E-state index contributed by atoms with van der Waals surface area (Å²) in [6.45, 7) is 9.39. The highest BCUT2D eigenvalue weighted by atomic mass is 32.2. The molecule has 0 spiro atoms. The molecular formula is C13H24N2O3S2. The molecule has 0 aliphatic rings. The first-order chi connectivity index (χ1) is 9.35. The van der Waals surface area contributed by atoms with Gasteiger partial charge in [-0.15, -0.1) is 11.3 Å². The van der Waals surface area contributed by atoms with Crippen molar-refractivity contribution in [3.8, 4) is 0 Å². The molecule has 0 bridgehead atoms. The van der Waals surface area contributed by atoms with Gasteiger partial charge in [0.15, 0.2) is 0 Å². The molecule has 0 radical (unpaired) electrons. The molecule has 0 aromatic carbocycles. The topological polar surface area (TPSA) is 67.4 Å². The van der Waals surface area contributed by atoms with E-state index < -0.39 is 10.0 Å². The molecular weight excluding hydrogens is 296 g/mol. The molecule has 1 rings (SSSR count). The van der Waals surface area contributed by atoms with Crippen LogP contribution in [0.1, 0.15) is 33.3 Å². The zero-order chi connectivity index (χ0) is 15.2. The largest absolute Gasteiger partial charge is 0.377 e. The van der Waals surface area contributed by atoms with Gasteiger partial charge in [0.2, 0.25) is 10.0 Å². The Morgan fingerprint density at radius 2 is 2.05 bits per heavy atom. The minimum Gasteiger partial charge on any atom is -0.377 e.